The van der Waals surface area contributed by atoms with Crippen molar-refractivity contribution in [2.75, 3.05) is 13.1 Å². The fraction of sp³-hybridized carbons (Fsp3) is 0.458. The maximum absolute atomic E-state index is 15.1. The highest BCUT2D eigenvalue weighted by Crippen LogP contribution is 2.47. The summed E-state index contributed by atoms with van der Waals surface area (Å²) in [5.41, 5.74) is -2.71. The minimum absolute atomic E-state index is 0.0753. The third-order valence-corrected chi connectivity index (χ3v) is 6.40. The van der Waals surface area contributed by atoms with Gasteiger partial charge in [0.05, 0.1) is 11.5 Å². The molecular formula is C24H24F5NO3. The average Bonchev–Trinajstić information content (AvgIpc) is 3.16. The van der Waals surface area contributed by atoms with Crippen molar-refractivity contribution in [2.45, 2.75) is 50.7 Å². The number of halogens is 5. The third-order valence-electron chi connectivity index (χ3n) is 6.40. The number of ether oxygens (including phenoxy) is 1. The van der Waals surface area contributed by atoms with Crippen LogP contribution in [0.1, 0.15) is 47.9 Å². The lowest BCUT2D eigenvalue weighted by Gasteiger charge is -2.36. The molecule has 0 aromatic heterocycles. The van der Waals surface area contributed by atoms with Crippen LogP contribution in [0.2, 0.25) is 0 Å². The van der Waals surface area contributed by atoms with E-state index >= 15 is 4.39 Å². The van der Waals surface area contributed by atoms with Gasteiger partial charge >= 0.3 is 12.1 Å². The normalized spacial score (nSPS) is 18.8. The van der Waals surface area contributed by atoms with Crippen molar-refractivity contribution in [3.05, 3.63) is 64.5 Å². The van der Waals surface area contributed by atoms with E-state index in [1.807, 2.05) is 0 Å². The van der Waals surface area contributed by atoms with Crippen LogP contribution >= 0.6 is 0 Å². The van der Waals surface area contributed by atoms with Crippen molar-refractivity contribution in [1.82, 2.24) is 4.90 Å². The van der Waals surface area contributed by atoms with E-state index in [2.05, 4.69) is 0 Å². The maximum Gasteiger partial charge on any atom is 0.416 e. The van der Waals surface area contributed by atoms with Gasteiger partial charge in [0, 0.05) is 36.8 Å². The van der Waals surface area contributed by atoms with Gasteiger partial charge in [-0.05, 0) is 43.4 Å². The van der Waals surface area contributed by atoms with Crippen molar-refractivity contribution < 1.29 is 36.6 Å². The van der Waals surface area contributed by atoms with Gasteiger partial charge in [0.15, 0.2) is 0 Å². The number of likely N-dealkylation sites (tertiary alicyclic amines) is 1. The zero-order chi connectivity index (χ0) is 23.8. The van der Waals surface area contributed by atoms with E-state index < -0.39 is 35.1 Å². The van der Waals surface area contributed by atoms with Gasteiger partial charge in [-0.2, -0.15) is 13.2 Å². The molecule has 1 aliphatic carbocycles. The summed E-state index contributed by atoms with van der Waals surface area (Å²) in [4.78, 5) is 12.7. The van der Waals surface area contributed by atoms with Crippen LogP contribution in [0.25, 0.3) is 0 Å². The molecule has 0 atom stereocenters. The Hall–Kier alpha value is -2.68. The average molecular weight is 469 g/mol. The minimum atomic E-state index is -4.70. The minimum Gasteiger partial charge on any atom is -0.489 e. The Kier molecular flexibility index (Phi) is 6.35. The quantitative estimate of drug-likeness (QED) is 0.531. The molecule has 33 heavy (non-hydrogen) atoms. The molecular weight excluding hydrogens is 445 g/mol. The van der Waals surface area contributed by atoms with Gasteiger partial charge < -0.3 is 9.84 Å². The SMILES string of the molecule is O=C(O)C1CN(Cc2ccc(OCc3ccc(C4(F)CCCC4)c(C(F)(F)F)c3)cc2F)C1. The fourth-order valence-electron chi connectivity index (χ4n) is 4.52. The van der Waals surface area contributed by atoms with E-state index in [0.29, 0.717) is 31.5 Å². The molecule has 1 aliphatic heterocycles. The van der Waals surface area contributed by atoms with Crippen LogP contribution in [0.5, 0.6) is 5.75 Å². The third kappa shape index (κ3) is 5.13. The molecule has 1 heterocycles. The zero-order valence-corrected chi connectivity index (χ0v) is 17.8. The monoisotopic (exact) mass is 469 g/mol. The molecule has 2 aliphatic rings. The Morgan fingerprint density at radius 2 is 1.82 bits per heavy atom. The highest BCUT2D eigenvalue weighted by atomic mass is 19.4. The Morgan fingerprint density at radius 3 is 2.42 bits per heavy atom. The second kappa shape index (κ2) is 8.93. The van der Waals surface area contributed by atoms with E-state index in [9.17, 15) is 22.4 Å². The lowest BCUT2D eigenvalue weighted by molar-refractivity contribution is -0.147. The van der Waals surface area contributed by atoms with Crippen molar-refractivity contribution in [2.24, 2.45) is 5.92 Å². The number of alkyl halides is 4. The largest absolute Gasteiger partial charge is 0.489 e. The van der Waals surface area contributed by atoms with Crippen molar-refractivity contribution >= 4 is 5.97 Å². The van der Waals surface area contributed by atoms with Gasteiger partial charge in [0.25, 0.3) is 0 Å². The van der Waals surface area contributed by atoms with Crippen LogP contribution < -0.4 is 4.74 Å². The molecule has 178 valence electrons. The van der Waals surface area contributed by atoms with Crippen molar-refractivity contribution in [3.8, 4) is 5.75 Å². The number of carboxylic acids is 1. The molecule has 0 radical (unpaired) electrons. The maximum atomic E-state index is 15.1. The Morgan fingerprint density at radius 1 is 1.12 bits per heavy atom. The summed E-state index contributed by atoms with van der Waals surface area (Å²) in [6.07, 6.45) is -3.44. The molecule has 1 N–H and O–H groups in total. The summed E-state index contributed by atoms with van der Waals surface area (Å²) in [5.74, 6) is -1.71. The lowest BCUT2D eigenvalue weighted by Crippen LogP contribution is -2.49. The number of hydrogen-bond acceptors (Lipinski definition) is 3. The number of nitrogens with zero attached hydrogens (tertiary/aromatic N) is 1. The Labute approximate surface area is 188 Å². The van der Waals surface area contributed by atoms with Crippen LogP contribution in [-0.4, -0.2) is 29.1 Å². The number of carbonyl (C=O) groups is 1. The van der Waals surface area contributed by atoms with Crippen molar-refractivity contribution in [3.63, 3.8) is 0 Å². The number of benzene rings is 2. The van der Waals surface area contributed by atoms with E-state index in [1.54, 1.807) is 4.90 Å². The van der Waals surface area contributed by atoms with E-state index in [-0.39, 0.29) is 42.9 Å². The first-order valence-corrected chi connectivity index (χ1v) is 10.8. The number of rotatable bonds is 7. The molecule has 1 saturated carbocycles. The standard InChI is InChI=1S/C24H24F5NO3/c25-21-10-18(5-4-16(21)11-30-12-17(13-30)22(31)32)33-14-15-3-6-19(20(9-15)24(27,28)29)23(26)7-1-2-8-23/h3-6,9-10,17H,1-2,7-8,11-14H2,(H,31,32). The Bertz CT molecular complexity index is 1030. The smallest absolute Gasteiger partial charge is 0.416 e. The zero-order valence-electron chi connectivity index (χ0n) is 17.8. The first kappa shape index (κ1) is 23.5. The van der Waals surface area contributed by atoms with Gasteiger partial charge in [-0.3, -0.25) is 9.69 Å². The summed E-state index contributed by atoms with van der Waals surface area (Å²) in [7, 11) is 0. The van der Waals surface area contributed by atoms with E-state index in [4.69, 9.17) is 9.84 Å². The van der Waals surface area contributed by atoms with Gasteiger partial charge in [0.2, 0.25) is 0 Å². The van der Waals surface area contributed by atoms with E-state index in [0.717, 1.165) is 12.1 Å². The molecule has 4 rings (SSSR count). The van der Waals surface area contributed by atoms with Gasteiger partial charge in [-0.25, -0.2) is 8.78 Å². The number of carboxylic acid groups (broad SMARTS) is 1. The van der Waals surface area contributed by atoms with Crippen LogP contribution in [0.4, 0.5) is 22.0 Å². The summed E-state index contributed by atoms with van der Waals surface area (Å²) >= 11 is 0. The predicted molar refractivity (Wildman–Crippen MR) is 110 cm³/mol. The predicted octanol–water partition coefficient (Wildman–Crippen LogP) is 5.68. The highest BCUT2D eigenvalue weighted by molar-refractivity contribution is 5.71. The highest BCUT2D eigenvalue weighted by Gasteiger charge is 2.43. The summed E-state index contributed by atoms with van der Waals surface area (Å²) in [6, 6.07) is 7.68. The topological polar surface area (TPSA) is 49.8 Å². The van der Waals surface area contributed by atoms with Crippen molar-refractivity contribution in [1.29, 1.82) is 0 Å². The van der Waals surface area contributed by atoms with Crippen LogP contribution in [0.15, 0.2) is 36.4 Å². The fourth-order valence-corrected chi connectivity index (χ4v) is 4.52. The molecule has 0 bridgehead atoms. The molecule has 0 unspecified atom stereocenters. The molecule has 2 aromatic rings. The lowest BCUT2D eigenvalue weighted by atomic mass is 9.88. The van der Waals surface area contributed by atoms with E-state index in [1.165, 1.54) is 24.3 Å². The Balaban J connectivity index is 1.42. The molecule has 2 aromatic carbocycles. The second-order valence-corrected chi connectivity index (χ2v) is 8.82. The summed E-state index contributed by atoms with van der Waals surface area (Å²) in [5, 5.41) is 8.91. The first-order chi connectivity index (χ1) is 15.5. The molecule has 0 spiro atoms. The second-order valence-electron chi connectivity index (χ2n) is 8.82. The molecule has 4 nitrogen and oxygen atoms in total. The van der Waals surface area contributed by atoms with Crippen LogP contribution in [0.3, 0.4) is 0 Å². The molecule has 9 heteroatoms. The number of hydrogen-bond donors (Lipinski definition) is 1. The van der Waals surface area contributed by atoms with Gasteiger partial charge in [-0.15, -0.1) is 0 Å². The summed E-state index contributed by atoms with van der Waals surface area (Å²) in [6.45, 7) is 0.737. The van der Waals surface area contributed by atoms with Gasteiger partial charge in [-0.1, -0.05) is 18.2 Å². The summed E-state index contributed by atoms with van der Waals surface area (Å²) < 4.78 is 75.9. The van der Waals surface area contributed by atoms with Gasteiger partial charge in [0.1, 0.15) is 23.8 Å². The molecule has 1 saturated heterocycles. The number of aliphatic carboxylic acids is 1. The van der Waals surface area contributed by atoms with Crippen LogP contribution in [0, 0.1) is 11.7 Å². The van der Waals surface area contributed by atoms with Crippen LogP contribution in [-0.2, 0) is 29.8 Å². The molecule has 0 amide bonds. The molecule has 2 fully saturated rings. The first-order valence-electron chi connectivity index (χ1n) is 10.8.